The molecule has 1 aromatic heterocycles. The zero-order valence-electron chi connectivity index (χ0n) is 16.9. The molecule has 32 heavy (non-hydrogen) atoms. The van der Waals surface area contributed by atoms with Crippen molar-refractivity contribution >= 4 is 16.7 Å². The highest BCUT2D eigenvalue weighted by molar-refractivity contribution is 5.94. The van der Waals surface area contributed by atoms with Crippen molar-refractivity contribution in [1.29, 1.82) is 0 Å². The Labute approximate surface area is 181 Å². The molecule has 0 aliphatic heterocycles. The Morgan fingerprint density at radius 3 is 2.38 bits per heavy atom. The van der Waals surface area contributed by atoms with Crippen LogP contribution in [0.3, 0.4) is 0 Å². The van der Waals surface area contributed by atoms with Gasteiger partial charge in [-0.3, -0.25) is 9.59 Å². The number of fused-ring (bicyclic) bond motifs is 1. The van der Waals surface area contributed by atoms with Crippen LogP contribution in [0.4, 0.5) is 8.78 Å². The molecule has 0 spiro atoms. The number of benzene rings is 3. The fraction of sp³-hybridized carbons (Fsp3) is 0.160. The SMILES string of the molecule is O=C(O)C1(c2cccc(-c3nn(-c4ccc(F)cc4F)c(=O)c4ccccc34)c2)CCC1. The lowest BCUT2D eigenvalue weighted by molar-refractivity contribution is -0.147. The summed E-state index contributed by atoms with van der Waals surface area (Å²) in [6.45, 7) is 0. The molecular formula is C25H18F2N2O3. The van der Waals surface area contributed by atoms with Crippen molar-refractivity contribution in [3.8, 4) is 16.9 Å². The Morgan fingerprint density at radius 2 is 1.72 bits per heavy atom. The maximum Gasteiger partial charge on any atom is 0.314 e. The first kappa shape index (κ1) is 20.1. The van der Waals surface area contributed by atoms with E-state index in [1.165, 1.54) is 6.07 Å². The van der Waals surface area contributed by atoms with Gasteiger partial charge in [0.1, 0.15) is 11.5 Å². The fourth-order valence-electron chi connectivity index (χ4n) is 4.34. The molecule has 4 aromatic rings. The number of aromatic nitrogens is 2. The lowest BCUT2D eigenvalue weighted by Crippen LogP contribution is -2.42. The third kappa shape index (κ3) is 3.00. The quantitative estimate of drug-likeness (QED) is 0.501. The smallest absolute Gasteiger partial charge is 0.314 e. The first-order valence-corrected chi connectivity index (χ1v) is 10.2. The molecule has 160 valence electrons. The Balaban J connectivity index is 1.77. The highest BCUT2D eigenvalue weighted by Gasteiger charge is 2.46. The van der Waals surface area contributed by atoms with E-state index in [-0.39, 0.29) is 5.69 Å². The monoisotopic (exact) mass is 432 g/mol. The van der Waals surface area contributed by atoms with Crippen molar-refractivity contribution < 1.29 is 18.7 Å². The lowest BCUT2D eigenvalue weighted by Gasteiger charge is -2.38. The number of carbonyl (C=O) groups is 1. The van der Waals surface area contributed by atoms with E-state index in [0.717, 1.165) is 17.2 Å². The molecule has 0 amide bonds. The van der Waals surface area contributed by atoms with E-state index in [1.54, 1.807) is 48.5 Å². The molecule has 1 heterocycles. The summed E-state index contributed by atoms with van der Waals surface area (Å²) in [7, 11) is 0. The molecule has 1 fully saturated rings. The molecule has 0 radical (unpaired) electrons. The first-order valence-electron chi connectivity index (χ1n) is 10.2. The number of nitrogens with zero attached hydrogens (tertiary/aromatic N) is 2. The van der Waals surface area contributed by atoms with Crippen LogP contribution in [0.5, 0.6) is 0 Å². The largest absolute Gasteiger partial charge is 0.481 e. The van der Waals surface area contributed by atoms with Crippen LogP contribution in [0.25, 0.3) is 27.7 Å². The summed E-state index contributed by atoms with van der Waals surface area (Å²) in [5.41, 5.74) is 0.0645. The van der Waals surface area contributed by atoms with Crippen molar-refractivity contribution in [2.24, 2.45) is 0 Å². The zero-order chi connectivity index (χ0) is 22.5. The van der Waals surface area contributed by atoms with Gasteiger partial charge in [0, 0.05) is 17.0 Å². The molecule has 1 N–H and O–H groups in total. The molecule has 1 aliphatic carbocycles. The summed E-state index contributed by atoms with van der Waals surface area (Å²) >= 11 is 0. The van der Waals surface area contributed by atoms with Gasteiger partial charge in [-0.25, -0.2) is 8.78 Å². The van der Waals surface area contributed by atoms with E-state index in [1.807, 2.05) is 0 Å². The predicted molar refractivity (Wildman–Crippen MR) is 116 cm³/mol. The Morgan fingerprint density at radius 1 is 0.969 bits per heavy atom. The third-order valence-electron chi connectivity index (χ3n) is 6.25. The number of carboxylic acid groups (broad SMARTS) is 1. The zero-order valence-corrected chi connectivity index (χ0v) is 16.9. The Kier molecular flexibility index (Phi) is 4.62. The van der Waals surface area contributed by atoms with Gasteiger partial charge >= 0.3 is 5.97 Å². The number of hydrogen-bond acceptors (Lipinski definition) is 3. The molecule has 5 nitrogen and oxygen atoms in total. The number of aliphatic carboxylic acids is 1. The minimum Gasteiger partial charge on any atom is -0.481 e. The van der Waals surface area contributed by atoms with Crippen molar-refractivity contribution in [3.63, 3.8) is 0 Å². The van der Waals surface area contributed by atoms with E-state index >= 15 is 0 Å². The number of halogens is 2. The molecule has 1 saturated carbocycles. The lowest BCUT2D eigenvalue weighted by atomic mass is 9.64. The normalized spacial score (nSPS) is 14.8. The van der Waals surface area contributed by atoms with Crippen LogP contribution in [0.15, 0.2) is 71.5 Å². The first-order chi connectivity index (χ1) is 15.4. The highest BCUT2D eigenvalue weighted by atomic mass is 19.1. The summed E-state index contributed by atoms with van der Waals surface area (Å²) in [5, 5.41) is 15.1. The van der Waals surface area contributed by atoms with Crippen LogP contribution in [-0.2, 0) is 10.2 Å². The van der Waals surface area contributed by atoms with Gasteiger partial charge in [0.05, 0.1) is 16.5 Å². The third-order valence-corrected chi connectivity index (χ3v) is 6.25. The van der Waals surface area contributed by atoms with E-state index in [9.17, 15) is 23.5 Å². The minimum atomic E-state index is -0.927. The standard InChI is InChI=1S/C25H18F2N2O3/c26-17-9-10-21(20(27)14-17)29-23(30)19-8-2-1-7-18(19)22(28-29)15-5-3-6-16(13-15)25(24(31)32)11-4-12-25/h1-3,5-10,13-14H,4,11-12H2,(H,31,32). The molecule has 0 saturated heterocycles. The molecule has 0 unspecified atom stereocenters. The second kappa shape index (κ2) is 7.37. The number of rotatable bonds is 4. The van der Waals surface area contributed by atoms with E-state index in [0.29, 0.717) is 46.5 Å². The number of hydrogen-bond donors (Lipinski definition) is 1. The Hall–Kier alpha value is -3.87. The van der Waals surface area contributed by atoms with E-state index in [4.69, 9.17) is 0 Å². The summed E-state index contributed by atoms with van der Waals surface area (Å²) in [6.07, 6.45) is 1.95. The van der Waals surface area contributed by atoms with Crippen LogP contribution in [-0.4, -0.2) is 20.9 Å². The van der Waals surface area contributed by atoms with E-state index in [2.05, 4.69) is 5.10 Å². The Bertz CT molecular complexity index is 1440. The average molecular weight is 432 g/mol. The fourth-order valence-corrected chi connectivity index (χ4v) is 4.34. The van der Waals surface area contributed by atoms with Gasteiger partial charge in [-0.2, -0.15) is 9.78 Å². The molecular weight excluding hydrogens is 414 g/mol. The molecule has 3 aromatic carbocycles. The van der Waals surface area contributed by atoms with Crippen LogP contribution >= 0.6 is 0 Å². The van der Waals surface area contributed by atoms with Crippen molar-refractivity contribution in [3.05, 3.63) is 94.3 Å². The predicted octanol–water partition coefficient (Wildman–Crippen LogP) is 4.84. The van der Waals surface area contributed by atoms with Crippen molar-refractivity contribution in [2.75, 3.05) is 0 Å². The average Bonchev–Trinajstić information content (AvgIpc) is 2.74. The van der Waals surface area contributed by atoms with Crippen LogP contribution in [0, 0.1) is 11.6 Å². The molecule has 7 heteroatoms. The molecule has 1 aliphatic rings. The minimum absolute atomic E-state index is 0.166. The van der Waals surface area contributed by atoms with Gasteiger partial charge in [0.2, 0.25) is 0 Å². The molecule has 5 rings (SSSR count). The molecule has 0 atom stereocenters. The van der Waals surface area contributed by atoms with E-state index < -0.39 is 28.6 Å². The van der Waals surface area contributed by atoms with Crippen LogP contribution in [0.2, 0.25) is 0 Å². The summed E-state index contributed by atoms with van der Waals surface area (Å²) in [5.74, 6) is -2.53. The maximum atomic E-state index is 14.5. The molecule has 0 bridgehead atoms. The summed E-state index contributed by atoms with van der Waals surface area (Å²) in [4.78, 5) is 25.1. The van der Waals surface area contributed by atoms with Crippen LogP contribution < -0.4 is 5.56 Å². The summed E-state index contributed by atoms with van der Waals surface area (Å²) in [6, 6.07) is 16.9. The van der Waals surface area contributed by atoms with Gasteiger partial charge in [-0.1, -0.05) is 42.8 Å². The highest BCUT2D eigenvalue weighted by Crippen LogP contribution is 2.45. The van der Waals surface area contributed by atoms with Crippen LogP contribution in [0.1, 0.15) is 24.8 Å². The van der Waals surface area contributed by atoms with Gasteiger partial charge in [0.15, 0.2) is 5.82 Å². The van der Waals surface area contributed by atoms with Gasteiger partial charge in [-0.05, 0) is 42.7 Å². The maximum absolute atomic E-state index is 14.5. The van der Waals surface area contributed by atoms with Crippen molar-refractivity contribution in [2.45, 2.75) is 24.7 Å². The van der Waals surface area contributed by atoms with Gasteiger partial charge in [-0.15, -0.1) is 0 Å². The number of carboxylic acids is 1. The second-order valence-electron chi connectivity index (χ2n) is 8.03. The topological polar surface area (TPSA) is 72.2 Å². The van der Waals surface area contributed by atoms with Crippen molar-refractivity contribution in [1.82, 2.24) is 9.78 Å². The second-order valence-corrected chi connectivity index (χ2v) is 8.03. The van der Waals surface area contributed by atoms with Gasteiger partial charge < -0.3 is 5.11 Å². The summed E-state index contributed by atoms with van der Waals surface area (Å²) < 4.78 is 28.9. The van der Waals surface area contributed by atoms with Gasteiger partial charge in [0.25, 0.3) is 5.56 Å².